The van der Waals surface area contributed by atoms with Crippen LogP contribution in [0.5, 0.6) is 0 Å². The minimum Gasteiger partial charge on any atom is -0.366 e. The van der Waals surface area contributed by atoms with Gasteiger partial charge < -0.3 is 11.1 Å². The number of hydrogen-bond donors (Lipinski definition) is 2. The molecule has 10 heteroatoms. The molecule has 1 aliphatic carbocycles. The summed E-state index contributed by atoms with van der Waals surface area (Å²) in [6, 6.07) is 20.4. The van der Waals surface area contributed by atoms with Crippen LogP contribution in [-0.4, -0.2) is 42.8 Å². The van der Waals surface area contributed by atoms with Crippen LogP contribution >= 0.6 is 0 Å². The summed E-state index contributed by atoms with van der Waals surface area (Å²) in [7, 11) is -3.37. The number of carbonyl (C=O) groups is 2. The highest BCUT2D eigenvalue weighted by Gasteiger charge is 2.47. The van der Waals surface area contributed by atoms with Crippen molar-refractivity contribution in [3.63, 3.8) is 0 Å². The van der Waals surface area contributed by atoms with Crippen LogP contribution in [0.25, 0.3) is 16.6 Å². The van der Waals surface area contributed by atoms with Crippen molar-refractivity contribution < 1.29 is 18.0 Å². The molecule has 0 bridgehead atoms. The van der Waals surface area contributed by atoms with Crippen molar-refractivity contribution in [3.05, 3.63) is 84.1 Å². The van der Waals surface area contributed by atoms with E-state index in [0.717, 1.165) is 35.2 Å². The van der Waals surface area contributed by atoms with Gasteiger partial charge in [-0.3, -0.25) is 13.9 Å². The first kappa shape index (κ1) is 25.1. The molecule has 1 fully saturated rings. The second-order valence-corrected chi connectivity index (χ2v) is 12.5. The van der Waals surface area contributed by atoms with Crippen LogP contribution in [0.1, 0.15) is 41.6 Å². The maximum absolute atomic E-state index is 13.1. The van der Waals surface area contributed by atoms with Crippen LogP contribution < -0.4 is 15.4 Å². The van der Waals surface area contributed by atoms with Gasteiger partial charge in [-0.05, 0) is 67.6 Å². The molecule has 2 aliphatic rings. The third-order valence-corrected chi connectivity index (χ3v) is 9.23. The zero-order chi connectivity index (χ0) is 27.4. The number of fused-ring (bicyclic) bond motifs is 3. The van der Waals surface area contributed by atoms with Gasteiger partial charge >= 0.3 is 0 Å². The summed E-state index contributed by atoms with van der Waals surface area (Å²) in [6.07, 6.45) is 5.98. The first-order valence-corrected chi connectivity index (χ1v) is 14.8. The summed E-state index contributed by atoms with van der Waals surface area (Å²) in [5, 5.41) is 8.37. The number of nitrogens with zero attached hydrogens (tertiary/aromatic N) is 3. The number of sulfonamides is 1. The van der Waals surface area contributed by atoms with E-state index in [0.29, 0.717) is 36.2 Å². The summed E-state index contributed by atoms with van der Waals surface area (Å²) in [5.74, 6) is -0.694. The molecule has 2 heterocycles. The number of carbonyl (C=O) groups excluding carboxylic acids is 2. The zero-order valence-electron chi connectivity index (χ0n) is 21.5. The Bertz CT molecular complexity index is 1700. The highest BCUT2D eigenvalue weighted by atomic mass is 32.2. The minimum absolute atomic E-state index is 0.0280. The summed E-state index contributed by atoms with van der Waals surface area (Å²) < 4.78 is 28.1. The highest BCUT2D eigenvalue weighted by Crippen LogP contribution is 2.51. The minimum atomic E-state index is -3.37. The van der Waals surface area contributed by atoms with E-state index < -0.39 is 15.9 Å². The van der Waals surface area contributed by atoms with Gasteiger partial charge in [0.25, 0.3) is 5.91 Å². The van der Waals surface area contributed by atoms with Crippen LogP contribution in [0.15, 0.2) is 72.9 Å². The van der Waals surface area contributed by atoms with E-state index in [2.05, 4.69) is 10.4 Å². The number of para-hydroxylation sites is 1. The average Bonchev–Trinajstić information content (AvgIpc) is 3.49. The highest BCUT2D eigenvalue weighted by molar-refractivity contribution is 7.92. The Labute approximate surface area is 226 Å². The Morgan fingerprint density at radius 3 is 2.41 bits per heavy atom. The molecular weight excluding hydrogens is 514 g/mol. The maximum Gasteiger partial charge on any atom is 0.250 e. The van der Waals surface area contributed by atoms with E-state index in [1.807, 2.05) is 60.8 Å². The van der Waals surface area contributed by atoms with E-state index in [9.17, 15) is 18.0 Å². The van der Waals surface area contributed by atoms with Crippen LogP contribution in [0, 0.1) is 5.92 Å². The van der Waals surface area contributed by atoms with Gasteiger partial charge in [-0.25, -0.2) is 13.1 Å². The van der Waals surface area contributed by atoms with Gasteiger partial charge in [-0.2, -0.15) is 5.10 Å². The molecule has 200 valence electrons. The molecule has 9 nitrogen and oxygen atoms in total. The first-order chi connectivity index (χ1) is 18.6. The van der Waals surface area contributed by atoms with Crippen molar-refractivity contribution in [3.8, 4) is 5.69 Å². The summed E-state index contributed by atoms with van der Waals surface area (Å²) >= 11 is 0. The van der Waals surface area contributed by atoms with Crippen molar-refractivity contribution in [1.29, 1.82) is 0 Å². The van der Waals surface area contributed by atoms with Crippen LogP contribution in [0.2, 0.25) is 0 Å². The second-order valence-electron chi connectivity index (χ2n) is 10.6. The Kier molecular flexibility index (Phi) is 5.95. The van der Waals surface area contributed by atoms with Gasteiger partial charge in [-0.1, -0.05) is 30.3 Å². The van der Waals surface area contributed by atoms with E-state index in [-0.39, 0.29) is 17.2 Å². The number of amides is 2. The van der Waals surface area contributed by atoms with Crippen molar-refractivity contribution in [2.75, 3.05) is 22.4 Å². The number of aromatic nitrogens is 2. The molecule has 1 aliphatic heterocycles. The van der Waals surface area contributed by atoms with Gasteiger partial charge in [0.15, 0.2) is 0 Å². The molecule has 2 amide bonds. The Morgan fingerprint density at radius 1 is 1.00 bits per heavy atom. The smallest absolute Gasteiger partial charge is 0.250 e. The number of rotatable bonds is 5. The number of benzene rings is 3. The molecule has 6 rings (SSSR count). The van der Waals surface area contributed by atoms with E-state index in [1.54, 1.807) is 16.8 Å². The lowest BCUT2D eigenvalue weighted by Crippen LogP contribution is -2.40. The normalized spacial score (nSPS) is 20.7. The number of anilines is 2. The molecule has 1 saturated carbocycles. The molecule has 39 heavy (non-hydrogen) atoms. The first-order valence-electron chi connectivity index (χ1n) is 12.9. The summed E-state index contributed by atoms with van der Waals surface area (Å²) in [5.41, 5.74) is 9.45. The third kappa shape index (κ3) is 4.44. The average molecular weight is 544 g/mol. The van der Waals surface area contributed by atoms with E-state index in [1.165, 1.54) is 10.6 Å². The fraction of sp³-hybridized carbons (Fsp3) is 0.276. The monoisotopic (exact) mass is 543 g/mol. The molecule has 4 aromatic rings. The van der Waals surface area contributed by atoms with Crippen molar-refractivity contribution >= 4 is 44.1 Å². The van der Waals surface area contributed by atoms with Crippen molar-refractivity contribution in [2.24, 2.45) is 11.7 Å². The largest absolute Gasteiger partial charge is 0.366 e. The maximum atomic E-state index is 13.1. The van der Waals surface area contributed by atoms with E-state index >= 15 is 0 Å². The SMILES string of the molecule is CS(=O)(=O)N1C[C@]2(CC[C@H](C(=O)Nc3ccc(-n4cc5cccc(C(N)=O)c5n4)cc3)CC2)c2ccccc21. The molecule has 0 saturated heterocycles. The quantitative estimate of drug-likeness (QED) is 0.394. The molecular formula is C29H29N5O4S. The molecule has 3 N–H and O–H groups in total. The fourth-order valence-corrected chi connectivity index (χ4v) is 7.06. The predicted molar refractivity (Wildman–Crippen MR) is 150 cm³/mol. The Hall–Kier alpha value is -4.18. The van der Waals surface area contributed by atoms with Gasteiger partial charge in [0.2, 0.25) is 15.9 Å². The van der Waals surface area contributed by atoms with Gasteiger partial charge in [0, 0.05) is 35.1 Å². The third-order valence-electron chi connectivity index (χ3n) is 8.11. The Morgan fingerprint density at radius 2 is 1.72 bits per heavy atom. The Balaban J connectivity index is 1.13. The van der Waals surface area contributed by atoms with Crippen molar-refractivity contribution in [2.45, 2.75) is 31.1 Å². The number of nitrogens with one attached hydrogen (secondary N) is 1. The molecule has 0 atom stereocenters. The van der Waals surface area contributed by atoms with E-state index in [4.69, 9.17) is 5.73 Å². The fourth-order valence-electron chi connectivity index (χ4n) is 6.06. The second kappa shape index (κ2) is 9.23. The predicted octanol–water partition coefficient (Wildman–Crippen LogP) is 3.97. The lowest BCUT2D eigenvalue weighted by Gasteiger charge is -2.37. The zero-order valence-corrected chi connectivity index (χ0v) is 22.3. The summed E-state index contributed by atoms with van der Waals surface area (Å²) in [6.45, 7) is 0.435. The number of primary amides is 1. The molecule has 0 radical (unpaired) electrons. The standard InChI is InChI=1S/C29H29N5O4S/c1-39(37,38)34-18-29(24-7-2-3-8-25(24)34)15-13-19(14-16-29)28(36)31-21-9-11-22(12-10-21)33-17-20-5-4-6-23(27(30)35)26(20)32-33/h2-12,17,19H,13-16,18H2,1H3,(H2,30,35)(H,31,36)/t19-,29+. The lowest BCUT2D eigenvalue weighted by atomic mass is 9.67. The summed E-state index contributed by atoms with van der Waals surface area (Å²) in [4.78, 5) is 24.9. The molecule has 1 spiro atoms. The topological polar surface area (TPSA) is 127 Å². The van der Waals surface area contributed by atoms with Gasteiger partial charge in [0.1, 0.15) is 5.52 Å². The van der Waals surface area contributed by atoms with Crippen LogP contribution in [0.3, 0.4) is 0 Å². The van der Waals surface area contributed by atoms with Crippen LogP contribution in [0.4, 0.5) is 11.4 Å². The molecule has 3 aromatic carbocycles. The van der Waals surface area contributed by atoms with Gasteiger partial charge in [0.05, 0.1) is 23.2 Å². The van der Waals surface area contributed by atoms with Crippen LogP contribution in [-0.2, 0) is 20.2 Å². The van der Waals surface area contributed by atoms with Gasteiger partial charge in [-0.15, -0.1) is 0 Å². The van der Waals surface area contributed by atoms with Crippen molar-refractivity contribution in [1.82, 2.24) is 9.78 Å². The molecule has 0 unspecified atom stereocenters. The molecule has 1 aromatic heterocycles. The number of hydrogen-bond acceptors (Lipinski definition) is 5. The number of nitrogens with two attached hydrogens (primary N) is 1. The lowest BCUT2D eigenvalue weighted by molar-refractivity contribution is -0.121.